The largest absolute Gasteiger partial charge is 0.489 e. The van der Waals surface area contributed by atoms with E-state index in [0.717, 1.165) is 11.1 Å². The lowest BCUT2D eigenvalue weighted by molar-refractivity contribution is 0.304. The normalized spacial score (nSPS) is 14.2. The van der Waals surface area contributed by atoms with E-state index in [1.54, 1.807) is 6.07 Å². The summed E-state index contributed by atoms with van der Waals surface area (Å²) in [5.41, 5.74) is 3.24. The van der Waals surface area contributed by atoms with Gasteiger partial charge in [-0.2, -0.15) is 0 Å². The molecule has 21 heavy (non-hydrogen) atoms. The molecule has 1 aliphatic rings. The van der Waals surface area contributed by atoms with Crippen LogP contribution in [0.15, 0.2) is 42.5 Å². The van der Waals surface area contributed by atoms with Crippen LogP contribution in [0.25, 0.3) is 0 Å². The van der Waals surface area contributed by atoms with Gasteiger partial charge in [0.2, 0.25) is 0 Å². The monoisotopic (exact) mass is 285 g/mol. The Morgan fingerprint density at radius 2 is 1.86 bits per heavy atom. The molecule has 2 nitrogen and oxygen atoms in total. The lowest BCUT2D eigenvalue weighted by atomic mass is 10.1. The molecular formula is C18H20FNO. The van der Waals surface area contributed by atoms with Crippen molar-refractivity contribution in [3.63, 3.8) is 0 Å². The molecule has 3 heteroatoms. The van der Waals surface area contributed by atoms with E-state index in [0.29, 0.717) is 24.9 Å². The predicted molar refractivity (Wildman–Crippen MR) is 81.8 cm³/mol. The SMILES string of the molecule is Cc1ccc(COc2cc(F)cc(CNC3CC3)c2)cc1. The standard InChI is InChI=1S/C18H20FNO/c1-13-2-4-14(5-3-13)12-21-18-9-15(8-16(19)10-18)11-20-17-6-7-17/h2-5,8-10,17,20H,6-7,11-12H2,1H3. The van der Waals surface area contributed by atoms with Gasteiger partial charge in [-0.1, -0.05) is 29.8 Å². The van der Waals surface area contributed by atoms with E-state index in [2.05, 4.69) is 24.4 Å². The average Bonchev–Trinajstić information content (AvgIpc) is 3.28. The number of aryl methyl sites for hydroxylation is 1. The smallest absolute Gasteiger partial charge is 0.127 e. The molecule has 2 aromatic rings. The molecule has 110 valence electrons. The minimum absolute atomic E-state index is 0.246. The van der Waals surface area contributed by atoms with Crippen molar-refractivity contribution >= 4 is 0 Å². The van der Waals surface area contributed by atoms with Gasteiger partial charge in [0.05, 0.1) is 0 Å². The molecule has 0 radical (unpaired) electrons. The van der Waals surface area contributed by atoms with Crippen LogP contribution >= 0.6 is 0 Å². The zero-order chi connectivity index (χ0) is 14.7. The lowest BCUT2D eigenvalue weighted by Gasteiger charge is -2.10. The van der Waals surface area contributed by atoms with Crippen LogP contribution in [0, 0.1) is 12.7 Å². The molecule has 0 atom stereocenters. The summed E-state index contributed by atoms with van der Waals surface area (Å²) in [6.45, 7) is 3.21. The second-order valence-corrected chi connectivity index (χ2v) is 5.72. The molecule has 1 saturated carbocycles. The quantitative estimate of drug-likeness (QED) is 0.867. The van der Waals surface area contributed by atoms with Crippen molar-refractivity contribution in [3.8, 4) is 5.75 Å². The van der Waals surface area contributed by atoms with Crippen molar-refractivity contribution in [1.29, 1.82) is 0 Å². The van der Waals surface area contributed by atoms with Gasteiger partial charge in [-0.05, 0) is 43.0 Å². The van der Waals surface area contributed by atoms with E-state index in [9.17, 15) is 4.39 Å². The minimum Gasteiger partial charge on any atom is -0.489 e. The molecule has 3 rings (SSSR count). The Labute approximate surface area is 125 Å². The second kappa shape index (κ2) is 6.27. The highest BCUT2D eigenvalue weighted by Crippen LogP contribution is 2.21. The molecule has 0 unspecified atom stereocenters. The van der Waals surface area contributed by atoms with Crippen LogP contribution < -0.4 is 10.1 Å². The third-order valence-corrected chi connectivity index (χ3v) is 3.63. The lowest BCUT2D eigenvalue weighted by Crippen LogP contribution is -2.15. The maximum atomic E-state index is 13.6. The third kappa shape index (κ3) is 4.30. The first-order valence-corrected chi connectivity index (χ1v) is 7.40. The number of benzene rings is 2. The summed E-state index contributed by atoms with van der Waals surface area (Å²) in [6, 6.07) is 13.7. The van der Waals surface area contributed by atoms with E-state index in [-0.39, 0.29) is 5.82 Å². The number of hydrogen-bond acceptors (Lipinski definition) is 2. The van der Waals surface area contributed by atoms with Crippen LogP contribution in [-0.4, -0.2) is 6.04 Å². The fourth-order valence-electron chi connectivity index (χ4n) is 2.21. The molecule has 2 aromatic carbocycles. The maximum Gasteiger partial charge on any atom is 0.127 e. The van der Waals surface area contributed by atoms with Crippen molar-refractivity contribution in [2.75, 3.05) is 0 Å². The first-order chi connectivity index (χ1) is 10.2. The highest BCUT2D eigenvalue weighted by atomic mass is 19.1. The molecule has 1 aliphatic carbocycles. The van der Waals surface area contributed by atoms with Gasteiger partial charge in [-0.3, -0.25) is 0 Å². The Kier molecular flexibility index (Phi) is 4.20. The minimum atomic E-state index is -0.246. The highest BCUT2D eigenvalue weighted by Gasteiger charge is 2.20. The summed E-state index contributed by atoms with van der Waals surface area (Å²) < 4.78 is 19.3. The number of ether oxygens (including phenoxy) is 1. The van der Waals surface area contributed by atoms with Crippen LogP contribution in [0.2, 0.25) is 0 Å². The van der Waals surface area contributed by atoms with E-state index < -0.39 is 0 Å². The fraction of sp³-hybridized carbons (Fsp3) is 0.333. The van der Waals surface area contributed by atoms with E-state index in [1.807, 2.05) is 18.2 Å². The molecule has 0 amide bonds. The second-order valence-electron chi connectivity index (χ2n) is 5.72. The van der Waals surface area contributed by atoms with Gasteiger partial charge < -0.3 is 10.1 Å². The summed E-state index contributed by atoms with van der Waals surface area (Å²) in [5, 5.41) is 3.39. The third-order valence-electron chi connectivity index (χ3n) is 3.63. The van der Waals surface area contributed by atoms with Crippen LogP contribution in [0.3, 0.4) is 0 Å². The first kappa shape index (κ1) is 14.1. The number of halogens is 1. The van der Waals surface area contributed by atoms with Gasteiger partial charge in [0.15, 0.2) is 0 Å². The molecule has 0 aliphatic heterocycles. The molecule has 1 fully saturated rings. The zero-order valence-electron chi connectivity index (χ0n) is 12.2. The van der Waals surface area contributed by atoms with E-state index >= 15 is 0 Å². The molecule has 0 heterocycles. The van der Waals surface area contributed by atoms with Crippen molar-refractivity contribution < 1.29 is 9.13 Å². The number of hydrogen-bond donors (Lipinski definition) is 1. The molecule has 0 bridgehead atoms. The Morgan fingerprint density at radius 3 is 2.57 bits per heavy atom. The summed E-state index contributed by atoms with van der Waals surface area (Å²) in [6.07, 6.45) is 2.46. The van der Waals surface area contributed by atoms with Crippen molar-refractivity contribution in [2.24, 2.45) is 0 Å². The first-order valence-electron chi connectivity index (χ1n) is 7.40. The van der Waals surface area contributed by atoms with E-state index in [1.165, 1.54) is 24.5 Å². The number of nitrogens with one attached hydrogen (secondary N) is 1. The Hall–Kier alpha value is -1.87. The summed E-state index contributed by atoms with van der Waals surface area (Å²) in [7, 11) is 0. The molecule has 0 saturated heterocycles. The van der Waals surface area contributed by atoms with Gasteiger partial charge in [0.25, 0.3) is 0 Å². The molecule has 0 spiro atoms. The molecule has 1 N–H and O–H groups in total. The highest BCUT2D eigenvalue weighted by molar-refractivity contribution is 5.30. The van der Waals surface area contributed by atoms with Crippen molar-refractivity contribution in [1.82, 2.24) is 5.32 Å². The van der Waals surface area contributed by atoms with Gasteiger partial charge in [-0.15, -0.1) is 0 Å². The topological polar surface area (TPSA) is 21.3 Å². The fourth-order valence-corrected chi connectivity index (χ4v) is 2.21. The summed E-state index contributed by atoms with van der Waals surface area (Å²) in [5.74, 6) is 0.340. The van der Waals surface area contributed by atoms with Crippen molar-refractivity contribution in [3.05, 3.63) is 65.0 Å². The van der Waals surface area contributed by atoms with Gasteiger partial charge in [0.1, 0.15) is 18.2 Å². The molecule has 0 aromatic heterocycles. The van der Waals surface area contributed by atoms with Crippen LogP contribution in [0.5, 0.6) is 5.75 Å². The van der Waals surface area contributed by atoms with Gasteiger partial charge in [0, 0.05) is 18.7 Å². The van der Waals surface area contributed by atoms with Crippen LogP contribution in [0.4, 0.5) is 4.39 Å². The predicted octanol–water partition coefficient (Wildman–Crippen LogP) is 3.97. The summed E-state index contributed by atoms with van der Waals surface area (Å²) in [4.78, 5) is 0. The van der Waals surface area contributed by atoms with Gasteiger partial charge in [-0.25, -0.2) is 4.39 Å². The molecular weight excluding hydrogens is 265 g/mol. The van der Waals surface area contributed by atoms with Crippen LogP contribution in [-0.2, 0) is 13.2 Å². The van der Waals surface area contributed by atoms with E-state index in [4.69, 9.17) is 4.74 Å². The average molecular weight is 285 g/mol. The van der Waals surface area contributed by atoms with Gasteiger partial charge >= 0.3 is 0 Å². The zero-order valence-corrected chi connectivity index (χ0v) is 12.2. The Balaban J connectivity index is 1.62. The maximum absolute atomic E-state index is 13.6. The number of rotatable bonds is 6. The van der Waals surface area contributed by atoms with Crippen molar-refractivity contribution in [2.45, 2.75) is 39.0 Å². The summed E-state index contributed by atoms with van der Waals surface area (Å²) >= 11 is 0. The Morgan fingerprint density at radius 1 is 1.10 bits per heavy atom. The Bertz CT molecular complexity index is 605. The van der Waals surface area contributed by atoms with Crippen LogP contribution in [0.1, 0.15) is 29.5 Å².